The molecule has 0 spiro atoms. The lowest BCUT2D eigenvalue weighted by Gasteiger charge is -2.12. The number of oxazole rings is 1. The number of amides is 3. The molecule has 164 valence electrons. The maximum absolute atomic E-state index is 12.4. The van der Waals surface area contributed by atoms with E-state index >= 15 is 0 Å². The summed E-state index contributed by atoms with van der Waals surface area (Å²) in [5.41, 5.74) is 0.739. The molecule has 0 atom stereocenters. The van der Waals surface area contributed by atoms with Gasteiger partial charge in [-0.25, -0.2) is 4.98 Å². The number of nitrogens with zero attached hydrogens (tertiary/aromatic N) is 2. The smallest absolute Gasteiger partial charge is 0.293 e. The maximum atomic E-state index is 12.4. The van der Waals surface area contributed by atoms with Crippen LogP contribution in [0.2, 0.25) is 5.02 Å². The van der Waals surface area contributed by atoms with Crippen molar-refractivity contribution in [3.63, 3.8) is 0 Å². The molecule has 2 aromatic heterocycles. The van der Waals surface area contributed by atoms with Gasteiger partial charge in [0.1, 0.15) is 0 Å². The first-order valence-electron chi connectivity index (χ1n) is 9.76. The molecule has 1 aliphatic heterocycles. The van der Waals surface area contributed by atoms with Crippen molar-refractivity contribution in [2.24, 2.45) is 0 Å². The lowest BCUT2D eigenvalue weighted by atomic mass is 10.2. The molecule has 7 nitrogen and oxygen atoms in total. The predicted octanol–water partition coefficient (Wildman–Crippen LogP) is 4.84. The normalized spacial score (nSPS) is 15.0. The Morgan fingerprint density at radius 3 is 2.84 bits per heavy atom. The molecule has 1 aromatic carbocycles. The van der Waals surface area contributed by atoms with E-state index in [1.807, 2.05) is 35.7 Å². The SMILES string of the molecule is O=C(CCc1ncc(-c2ccccc2Cl)o1)NCCN1C(=O)S/C(=C\c2cccs2)C1=O. The number of aryl methyl sites for hydroxylation is 1. The second kappa shape index (κ2) is 10.2. The number of benzene rings is 1. The third-order valence-electron chi connectivity index (χ3n) is 4.61. The lowest BCUT2D eigenvalue weighted by Crippen LogP contribution is -2.37. The second-order valence-electron chi connectivity index (χ2n) is 6.80. The predicted molar refractivity (Wildman–Crippen MR) is 125 cm³/mol. The summed E-state index contributed by atoms with van der Waals surface area (Å²) in [5, 5.41) is 4.86. The Labute approximate surface area is 197 Å². The van der Waals surface area contributed by atoms with Crippen molar-refractivity contribution >= 4 is 57.8 Å². The fourth-order valence-corrected chi connectivity index (χ4v) is 4.84. The zero-order chi connectivity index (χ0) is 22.5. The number of nitrogens with one attached hydrogen (secondary N) is 1. The van der Waals surface area contributed by atoms with Gasteiger partial charge in [-0.3, -0.25) is 19.3 Å². The van der Waals surface area contributed by atoms with Gasteiger partial charge in [-0.05, 0) is 41.4 Å². The molecular weight excluding hydrogens is 470 g/mol. The number of rotatable bonds is 8. The van der Waals surface area contributed by atoms with E-state index in [4.69, 9.17) is 16.0 Å². The van der Waals surface area contributed by atoms with Gasteiger partial charge in [0.2, 0.25) is 5.91 Å². The summed E-state index contributed by atoms with van der Waals surface area (Å²) in [4.78, 5) is 43.4. The van der Waals surface area contributed by atoms with Gasteiger partial charge in [-0.15, -0.1) is 11.3 Å². The Hall–Kier alpha value is -2.88. The van der Waals surface area contributed by atoms with Crippen molar-refractivity contribution in [3.8, 4) is 11.3 Å². The average molecular weight is 488 g/mol. The minimum atomic E-state index is -0.338. The standard InChI is InChI=1S/C22H18ClN3O4S2/c23-16-6-2-1-5-15(16)17-13-25-20(30-17)8-7-19(27)24-9-10-26-21(28)18(32-22(26)29)12-14-4-3-11-31-14/h1-6,11-13H,7-10H2,(H,24,27)/b18-12-. The van der Waals surface area contributed by atoms with Crippen LogP contribution < -0.4 is 5.32 Å². The summed E-state index contributed by atoms with van der Waals surface area (Å²) in [6.45, 7) is 0.299. The summed E-state index contributed by atoms with van der Waals surface area (Å²) in [5.74, 6) is 0.416. The first kappa shape index (κ1) is 22.3. The minimum Gasteiger partial charge on any atom is -0.441 e. The van der Waals surface area contributed by atoms with Crippen LogP contribution in [0.15, 0.2) is 57.3 Å². The highest BCUT2D eigenvalue weighted by molar-refractivity contribution is 8.18. The van der Waals surface area contributed by atoms with Crippen LogP contribution in [0.25, 0.3) is 17.4 Å². The summed E-state index contributed by atoms with van der Waals surface area (Å²) >= 11 is 8.57. The lowest BCUT2D eigenvalue weighted by molar-refractivity contribution is -0.124. The van der Waals surface area contributed by atoms with E-state index in [0.29, 0.717) is 28.0 Å². The monoisotopic (exact) mass is 487 g/mol. The first-order valence-corrected chi connectivity index (χ1v) is 11.8. The zero-order valence-electron chi connectivity index (χ0n) is 16.7. The molecule has 3 aromatic rings. The van der Waals surface area contributed by atoms with E-state index in [1.165, 1.54) is 11.3 Å². The van der Waals surface area contributed by atoms with Gasteiger partial charge >= 0.3 is 0 Å². The Morgan fingerprint density at radius 2 is 2.06 bits per heavy atom. The molecule has 32 heavy (non-hydrogen) atoms. The third-order valence-corrected chi connectivity index (χ3v) is 6.66. The molecule has 4 rings (SSSR count). The van der Waals surface area contributed by atoms with E-state index < -0.39 is 0 Å². The van der Waals surface area contributed by atoms with Gasteiger partial charge in [-0.2, -0.15) is 0 Å². The van der Waals surface area contributed by atoms with Crippen LogP contribution >= 0.6 is 34.7 Å². The maximum Gasteiger partial charge on any atom is 0.293 e. The molecule has 0 bridgehead atoms. The number of imide groups is 1. The average Bonchev–Trinajstić information content (AvgIpc) is 3.51. The van der Waals surface area contributed by atoms with Crippen LogP contribution in [0.1, 0.15) is 17.2 Å². The molecule has 0 aliphatic carbocycles. The number of hydrogen-bond acceptors (Lipinski definition) is 7. The van der Waals surface area contributed by atoms with Gasteiger partial charge in [0, 0.05) is 36.4 Å². The van der Waals surface area contributed by atoms with E-state index in [9.17, 15) is 14.4 Å². The Bertz CT molecular complexity index is 1170. The molecule has 1 N–H and O–H groups in total. The number of aromatic nitrogens is 1. The molecule has 1 aliphatic rings. The van der Waals surface area contributed by atoms with Crippen LogP contribution in [0.4, 0.5) is 4.79 Å². The van der Waals surface area contributed by atoms with Crippen LogP contribution in [0.3, 0.4) is 0 Å². The van der Waals surface area contributed by atoms with E-state index in [2.05, 4.69) is 10.3 Å². The summed E-state index contributed by atoms with van der Waals surface area (Å²) < 4.78 is 5.69. The van der Waals surface area contributed by atoms with Gasteiger partial charge in [0.05, 0.1) is 16.1 Å². The number of thioether (sulfide) groups is 1. The van der Waals surface area contributed by atoms with Gasteiger partial charge in [0.25, 0.3) is 11.1 Å². The van der Waals surface area contributed by atoms with Crippen LogP contribution in [0.5, 0.6) is 0 Å². The highest BCUT2D eigenvalue weighted by atomic mass is 35.5. The molecule has 0 radical (unpaired) electrons. The summed E-state index contributed by atoms with van der Waals surface area (Å²) in [6.07, 6.45) is 3.78. The summed E-state index contributed by atoms with van der Waals surface area (Å²) in [7, 11) is 0. The van der Waals surface area contributed by atoms with E-state index in [1.54, 1.807) is 18.3 Å². The van der Waals surface area contributed by atoms with Gasteiger partial charge in [-0.1, -0.05) is 29.8 Å². The number of thiophene rings is 1. The molecule has 1 fully saturated rings. The van der Waals surface area contributed by atoms with E-state index in [0.717, 1.165) is 27.1 Å². The molecule has 1 saturated heterocycles. The molecule has 0 unspecified atom stereocenters. The number of hydrogen-bond donors (Lipinski definition) is 1. The molecule has 0 saturated carbocycles. The van der Waals surface area contributed by atoms with Crippen molar-refractivity contribution in [1.29, 1.82) is 0 Å². The van der Waals surface area contributed by atoms with E-state index in [-0.39, 0.29) is 36.6 Å². The Balaban J connectivity index is 1.23. The topological polar surface area (TPSA) is 92.5 Å². The molecule has 3 amide bonds. The van der Waals surface area contributed by atoms with Gasteiger partial charge in [0.15, 0.2) is 11.7 Å². The fraction of sp³-hybridized carbons (Fsp3) is 0.182. The highest BCUT2D eigenvalue weighted by Gasteiger charge is 2.34. The van der Waals surface area contributed by atoms with Crippen LogP contribution in [-0.2, 0) is 16.0 Å². The zero-order valence-corrected chi connectivity index (χ0v) is 19.1. The van der Waals surface area contributed by atoms with Crippen molar-refractivity contribution in [2.45, 2.75) is 12.8 Å². The second-order valence-corrected chi connectivity index (χ2v) is 9.18. The van der Waals surface area contributed by atoms with Crippen LogP contribution in [0, 0.1) is 0 Å². The van der Waals surface area contributed by atoms with Crippen molar-refractivity contribution in [2.75, 3.05) is 13.1 Å². The van der Waals surface area contributed by atoms with Crippen molar-refractivity contribution in [1.82, 2.24) is 15.2 Å². The number of carbonyl (C=O) groups excluding carboxylic acids is 3. The minimum absolute atomic E-state index is 0.119. The fourth-order valence-electron chi connectivity index (χ4n) is 3.02. The Morgan fingerprint density at radius 1 is 1.22 bits per heavy atom. The third kappa shape index (κ3) is 5.29. The number of halogens is 1. The molecule has 10 heteroatoms. The Kier molecular flexibility index (Phi) is 7.09. The van der Waals surface area contributed by atoms with Crippen LogP contribution in [-0.4, -0.2) is 40.0 Å². The molecular formula is C22H18ClN3O4S2. The quantitative estimate of drug-likeness (QED) is 0.457. The largest absolute Gasteiger partial charge is 0.441 e. The first-order chi connectivity index (χ1) is 15.5. The summed E-state index contributed by atoms with van der Waals surface area (Å²) in [6, 6.07) is 11.0. The highest BCUT2D eigenvalue weighted by Crippen LogP contribution is 2.32. The van der Waals surface area contributed by atoms with Gasteiger partial charge < -0.3 is 9.73 Å². The van der Waals surface area contributed by atoms with Crippen molar-refractivity contribution < 1.29 is 18.8 Å². The van der Waals surface area contributed by atoms with Crippen molar-refractivity contribution in [3.05, 3.63) is 68.7 Å². The molecule has 3 heterocycles. The number of carbonyl (C=O) groups is 3.